The predicted octanol–water partition coefficient (Wildman–Crippen LogP) is 2.61. The molecule has 0 spiro atoms. The van der Waals surface area contributed by atoms with Crippen LogP contribution in [0.1, 0.15) is 18.4 Å². The van der Waals surface area contributed by atoms with Gasteiger partial charge in [-0.05, 0) is 18.4 Å². The topological polar surface area (TPSA) is 38.7 Å². The van der Waals surface area contributed by atoms with Crippen molar-refractivity contribution < 1.29 is 9.53 Å². The van der Waals surface area contributed by atoms with Crippen molar-refractivity contribution in [2.24, 2.45) is 4.99 Å². The van der Waals surface area contributed by atoms with Gasteiger partial charge in [0.1, 0.15) is 6.04 Å². The Morgan fingerprint density at radius 1 is 1.47 bits per heavy atom. The van der Waals surface area contributed by atoms with Crippen LogP contribution in [0.25, 0.3) is 0 Å². The van der Waals surface area contributed by atoms with Crippen molar-refractivity contribution >= 4 is 12.2 Å². The number of ether oxygens (including phenoxy) is 1. The highest BCUT2D eigenvalue weighted by atomic mass is 16.5. The standard InChI is InChI=1S/C14H17NO2/c1-3-4-10-13(14(16)17-2)15-11-12-8-6-5-7-9-12/h3,5-9,11,13H,1,4,10H2,2H3/t13-/m1/s1. The van der Waals surface area contributed by atoms with E-state index < -0.39 is 6.04 Å². The first kappa shape index (κ1) is 13.2. The van der Waals surface area contributed by atoms with E-state index in [4.69, 9.17) is 4.74 Å². The number of carbonyl (C=O) groups is 1. The summed E-state index contributed by atoms with van der Waals surface area (Å²) in [6.45, 7) is 3.63. The van der Waals surface area contributed by atoms with Crippen molar-refractivity contribution in [1.29, 1.82) is 0 Å². The maximum atomic E-state index is 11.5. The normalized spacial score (nSPS) is 12.3. The van der Waals surface area contributed by atoms with E-state index in [0.717, 1.165) is 12.0 Å². The highest BCUT2D eigenvalue weighted by molar-refractivity contribution is 5.83. The Balaban J connectivity index is 2.68. The van der Waals surface area contributed by atoms with Gasteiger partial charge in [0.25, 0.3) is 0 Å². The van der Waals surface area contributed by atoms with E-state index in [9.17, 15) is 4.79 Å². The lowest BCUT2D eigenvalue weighted by molar-refractivity contribution is -0.142. The number of aliphatic imine (C=N–C) groups is 1. The van der Waals surface area contributed by atoms with Crippen molar-refractivity contribution in [3.8, 4) is 0 Å². The van der Waals surface area contributed by atoms with Crippen LogP contribution in [0.5, 0.6) is 0 Å². The van der Waals surface area contributed by atoms with Gasteiger partial charge in [0.15, 0.2) is 0 Å². The molecule has 17 heavy (non-hydrogen) atoms. The van der Waals surface area contributed by atoms with Crippen LogP contribution in [0.3, 0.4) is 0 Å². The summed E-state index contributed by atoms with van der Waals surface area (Å²) >= 11 is 0. The summed E-state index contributed by atoms with van der Waals surface area (Å²) in [5.74, 6) is -0.306. The number of allylic oxidation sites excluding steroid dienone is 1. The second kappa shape index (κ2) is 7.39. The van der Waals surface area contributed by atoms with Gasteiger partial charge in [0.05, 0.1) is 7.11 Å². The minimum atomic E-state index is -0.446. The largest absolute Gasteiger partial charge is 0.467 e. The molecule has 3 heteroatoms. The predicted molar refractivity (Wildman–Crippen MR) is 69.3 cm³/mol. The quantitative estimate of drug-likeness (QED) is 0.429. The minimum Gasteiger partial charge on any atom is -0.467 e. The molecule has 3 nitrogen and oxygen atoms in total. The molecular weight excluding hydrogens is 214 g/mol. The monoisotopic (exact) mass is 231 g/mol. The molecule has 0 aliphatic rings. The average molecular weight is 231 g/mol. The van der Waals surface area contributed by atoms with E-state index in [1.165, 1.54) is 7.11 Å². The zero-order chi connectivity index (χ0) is 12.5. The SMILES string of the molecule is C=CCC[C@@H](N=Cc1ccccc1)C(=O)OC. The van der Waals surface area contributed by atoms with Crippen LogP contribution in [-0.4, -0.2) is 25.3 Å². The molecule has 0 saturated carbocycles. The zero-order valence-electron chi connectivity index (χ0n) is 10.0. The third-order valence-electron chi connectivity index (χ3n) is 2.32. The van der Waals surface area contributed by atoms with Crippen molar-refractivity contribution in [3.05, 3.63) is 48.6 Å². The number of methoxy groups -OCH3 is 1. The summed E-state index contributed by atoms with van der Waals surface area (Å²) in [6, 6.07) is 9.22. The number of esters is 1. The highest BCUT2D eigenvalue weighted by Gasteiger charge is 2.15. The lowest BCUT2D eigenvalue weighted by atomic mass is 10.1. The maximum Gasteiger partial charge on any atom is 0.330 e. The molecule has 90 valence electrons. The number of hydrogen-bond donors (Lipinski definition) is 0. The molecule has 0 fully saturated rings. The third-order valence-corrected chi connectivity index (χ3v) is 2.32. The summed E-state index contributed by atoms with van der Waals surface area (Å²) in [5.41, 5.74) is 0.972. The van der Waals surface area contributed by atoms with E-state index in [1.54, 1.807) is 12.3 Å². The zero-order valence-corrected chi connectivity index (χ0v) is 10.0. The number of hydrogen-bond acceptors (Lipinski definition) is 3. The smallest absolute Gasteiger partial charge is 0.330 e. The minimum absolute atomic E-state index is 0.306. The summed E-state index contributed by atoms with van der Waals surface area (Å²) < 4.78 is 4.71. The summed E-state index contributed by atoms with van der Waals surface area (Å²) in [5, 5.41) is 0. The van der Waals surface area contributed by atoms with Crippen molar-refractivity contribution in [1.82, 2.24) is 0 Å². The van der Waals surface area contributed by atoms with Crippen LogP contribution in [-0.2, 0) is 9.53 Å². The molecule has 0 aromatic heterocycles. The molecule has 0 aliphatic carbocycles. The summed E-state index contributed by atoms with van der Waals surface area (Å²) in [6.07, 6.45) is 4.84. The van der Waals surface area contributed by atoms with E-state index in [1.807, 2.05) is 30.3 Å². The Bertz CT molecular complexity index is 384. The van der Waals surface area contributed by atoms with E-state index in [-0.39, 0.29) is 5.97 Å². The molecule has 0 bridgehead atoms. The Hall–Kier alpha value is -1.90. The van der Waals surface area contributed by atoms with Crippen LogP contribution in [0.15, 0.2) is 48.0 Å². The van der Waals surface area contributed by atoms with Gasteiger partial charge >= 0.3 is 5.97 Å². The van der Waals surface area contributed by atoms with Crippen molar-refractivity contribution in [2.75, 3.05) is 7.11 Å². The van der Waals surface area contributed by atoms with Gasteiger partial charge in [0, 0.05) is 6.21 Å². The second-order valence-electron chi connectivity index (χ2n) is 3.59. The molecule has 0 unspecified atom stereocenters. The van der Waals surface area contributed by atoms with E-state index in [2.05, 4.69) is 11.6 Å². The first-order valence-electron chi connectivity index (χ1n) is 5.55. The number of nitrogens with zero attached hydrogens (tertiary/aromatic N) is 1. The lowest BCUT2D eigenvalue weighted by Gasteiger charge is -2.08. The van der Waals surface area contributed by atoms with Gasteiger partial charge < -0.3 is 4.74 Å². The fraction of sp³-hybridized carbons (Fsp3) is 0.286. The molecule has 0 heterocycles. The molecule has 0 saturated heterocycles. The van der Waals surface area contributed by atoms with Crippen LogP contribution >= 0.6 is 0 Å². The highest BCUT2D eigenvalue weighted by Crippen LogP contribution is 2.05. The van der Waals surface area contributed by atoms with Gasteiger partial charge in [-0.1, -0.05) is 36.4 Å². The molecule has 1 atom stereocenters. The Kier molecular flexibility index (Phi) is 5.72. The molecular formula is C14H17NO2. The number of benzene rings is 1. The lowest BCUT2D eigenvalue weighted by Crippen LogP contribution is -2.20. The van der Waals surface area contributed by atoms with Crippen LogP contribution in [0, 0.1) is 0 Å². The first-order chi connectivity index (χ1) is 8.27. The summed E-state index contributed by atoms with van der Waals surface area (Å²) in [7, 11) is 1.38. The Morgan fingerprint density at radius 2 is 2.18 bits per heavy atom. The van der Waals surface area contributed by atoms with E-state index >= 15 is 0 Å². The molecule has 1 rings (SSSR count). The molecule has 0 amide bonds. The van der Waals surface area contributed by atoms with Crippen LogP contribution in [0.4, 0.5) is 0 Å². The summed E-state index contributed by atoms with van der Waals surface area (Å²) in [4.78, 5) is 15.7. The fourth-order valence-corrected chi connectivity index (χ4v) is 1.38. The maximum absolute atomic E-state index is 11.5. The number of carbonyl (C=O) groups excluding carboxylic acids is 1. The average Bonchev–Trinajstić information content (AvgIpc) is 2.39. The Morgan fingerprint density at radius 3 is 2.76 bits per heavy atom. The van der Waals surface area contributed by atoms with Crippen LogP contribution < -0.4 is 0 Å². The Labute approximate surface area is 102 Å². The van der Waals surface area contributed by atoms with Crippen molar-refractivity contribution in [2.45, 2.75) is 18.9 Å². The third kappa shape index (κ3) is 4.64. The molecule has 1 aromatic carbocycles. The first-order valence-corrected chi connectivity index (χ1v) is 5.55. The van der Waals surface area contributed by atoms with Crippen LogP contribution in [0.2, 0.25) is 0 Å². The number of rotatable bonds is 6. The van der Waals surface area contributed by atoms with Gasteiger partial charge in [0.2, 0.25) is 0 Å². The fourth-order valence-electron chi connectivity index (χ4n) is 1.38. The molecule has 1 aromatic rings. The van der Waals surface area contributed by atoms with Gasteiger partial charge in [-0.3, -0.25) is 4.99 Å². The second-order valence-corrected chi connectivity index (χ2v) is 3.59. The molecule has 0 N–H and O–H groups in total. The van der Waals surface area contributed by atoms with Gasteiger partial charge in [-0.15, -0.1) is 6.58 Å². The van der Waals surface area contributed by atoms with Crippen molar-refractivity contribution in [3.63, 3.8) is 0 Å². The molecule has 0 radical (unpaired) electrons. The van der Waals surface area contributed by atoms with Gasteiger partial charge in [-0.2, -0.15) is 0 Å². The molecule has 0 aliphatic heterocycles. The van der Waals surface area contributed by atoms with E-state index in [0.29, 0.717) is 6.42 Å². The van der Waals surface area contributed by atoms with Gasteiger partial charge in [-0.25, -0.2) is 4.79 Å².